The van der Waals surface area contributed by atoms with Crippen LogP contribution in [0.3, 0.4) is 0 Å². The highest BCUT2D eigenvalue weighted by molar-refractivity contribution is 6.54. The number of nitrogens with one attached hydrogen (secondary N) is 1. The third kappa shape index (κ3) is 4.06. The van der Waals surface area contributed by atoms with E-state index < -0.39 is 0 Å². The maximum Gasteiger partial charge on any atom is 0.275 e. The Bertz CT molecular complexity index is 1090. The third-order valence-electron chi connectivity index (χ3n) is 4.93. The van der Waals surface area contributed by atoms with Crippen molar-refractivity contribution in [1.29, 1.82) is 0 Å². The standard InChI is InChI=1S/C25H24N2O2/c1-16-5-14-22-21(15-16)23(24(28)27-22)26-18-8-12-20(13-9-18)29-19-10-6-17(7-11-19)25(2,3)4/h5-15H,1-4H3,(H,26,27,28). The summed E-state index contributed by atoms with van der Waals surface area (Å²) in [5.74, 6) is 1.34. The maximum absolute atomic E-state index is 12.3. The van der Waals surface area contributed by atoms with Gasteiger partial charge in [0.25, 0.3) is 5.91 Å². The first-order valence-electron chi connectivity index (χ1n) is 9.69. The van der Waals surface area contributed by atoms with E-state index >= 15 is 0 Å². The topological polar surface area (TPSA) is 50.7 Å². The molecule has 0 atom stereocenters. The lowest BCUT2D eigenvalue weighted by molar-refractivity contribution is -0.110. The molecule has 1 aliphatic rings. The van der Waals surface area contributed by atoms with Crippen LogP contribution in [0.2, 0.25) is 0 Å². The SMILES string of the molecule is Cc1ccc2c(c1)C(=Nc1ccc(Oc3ccc(C(C)(C)C)cc3)cc1)C(=O)N2. The second-order valence-corrected chi connectivity index (χ2v) is 8.33. The van der Waals surface area contributed by atoms with Crippen molar-refractivity contribution in [3.8, 4) is 11.5 Å². The highest BCUT2D eigenvalue weighted by Crippen LogP contribution is 2.30. The fourth-order valence-electron chi connectivity index (χ4n) is 3.25. The minimum absolute atomic E-state index is 0.114. The number of carbonyl (C=O) groups excluding carboxylic acids is 1. The van der Waals surface area contributed by atoms with E-state index in [1.165, 1.54) is 5.56 Å². The van der Waals surface area contributed by atoms with Gasteiger partial charge in [0.1, 0.15) is 17.2 Å². The van der Waals surface area contributed by atoms with E-state index in [1.54, 1.807) is 0 Å². The van der Waals surface area contributed by atoms with Crippen molar-refractivity contribution in [2.75, 3.05) is 5.32 Å². The maximum atomic E-state index is 12.3. The molecule has 3 aromatic rings. The van der Waals surface area contributed by atoms with E-state index in [-0.39, 0.29) is 11.3 Å². The molecule has 1 aliphatic heterocycles. The summed E-state index contributed by atoms with van der Waals surface area (Å²) in [4.78, 5) is 16.8. The van der Waals surface area contributed by atoms with Crippen LogP contribution < -0.4 is 10.1 Å². The third-order valence-corrected chi connectivity index (χ3v) is 4.93. The predicted octanol–water partition coefficient (Wildman–Crippen LogP) is 6.16. The van der Waals surface area contributed by atoms with Crippen LogP contribution in [0.5, 0.6) is 11.5 Å². The molecule has 0 saturated heterocycles. The van der Waals surface area contributed by atoms with Gasteiger partial charge in [-0.1, -0.05) is 44.5 Å². The first kappa shape index (κ1) is 18.9. The zero-order valence-electron chi connectivity index (χ0n) is 17.1. The molecule has 0 spiro atoms. The summed E-state index contributed by atoms with van der Waals surface area (Å²) in [5, 5.41) is 2.86. The smallest absolute Gasteiger partial charge is 0.275 e. The number of aryl methyl sites for hydroxylation is 1. The van der Waals surface area contributed by atoms with Crippen molar-refractivity contribution in [2.24, 2.45) is 4.99 Å². The molecule has 0 radical (unpaired) electrons. The van der Waals surface area contributed by atoms with Gasteiger partial charge >= 0.3 is 0 Å². The second kappa shape index (κ2) is 7.21. The van der Waals surface area contributed by atoms with Crippen LogP contribution in [0.25, 0.3) is 0 Å². The van der Waals surface area contributed by atoms with Crippen molar-refractivity contribution in [1.82, 2.24) is 0 Å². The largest absolute Gasteiger partial charge is 0.457 e. The van der Waals surface area contributed by atoms with Crippen LogP contribution >= 0.6 is 0 Å². The molecule has 1 heterocycles. The van der Waals surface area contributed by atoms with Crippen LogP contribution in [0.4, 0.5) is 11.4 Å². The Morgan fingerprint density at radius 1 is 0.862 bits per heavy atom. The van der Waals surface area contributed by atoms with Gasteiger partial charge in [0.2, 0.25) is 0 Å². The number of ether oxygens (including phenoxy) is 1. The number of hydrogen-bond acceptors (Lipinski definition) is 3. The summed E-state index contributed by atoms with van der Waals surface area (Å²) >= 11 is 0. The fraction of sp³-hybridized carbons (Fsp3) is 0.200. The van der Waals surface area contributed by atoms with Gasteiger partial charge in [0.05, 0.1) is 11.4 Å². The zero-order valence-corrected chi connectivity index (χ0v) is 17.1. The van der Waals surface area contributed by atoms with Gasteiger partial charge in [-0.25, -0.2) is 4.99 Å². The molecule has 3 aromatic carbocycles. The summed E-state index contributed by atoms with van der Waals surface area (Å²) in [7, 11) is 0. The van der Waals surface area contributed by atoms with Crippen LogP contribution in [-0.4, -0.2) is 11.6 Å². The second-order valence-electron chi connectivity index (χ2n) is 8.33. The van der Waals surface area contributed by atoms with Crippen molar-refractivity contribution in [3.05, 3.63) is 83.4 Å². The Morgan fingerprint density at radius 2 is 1.48 bits per heavy atom. The molecular formula is C25H24N2O2. The summed E-state index contributed by atoms with van der Waals surface area (Å²) in [6.45, 7) is 8.56. The molecular weight excluding hydrogens is 360 g/mol. The molecule has 0 aromatic heterocycles. The van der Waals surface area contributed by atoms with Crippen LogP contribution in [0, 0.1) is 6.92 Å². The van der Waals surface area contributed by atoms with Crippen molar-refractivity contribution >= 4 is 23.0 Å². The number of rotatable bonds is 3. The van der Waals surface area contributed by atoms with Gasteiger partial charge in [-0.2, -0.15) is 0 Å². The van der Waals surface area contributed by atoms with Crippen molar-refractivity contribution in [3.63, 3.8) is 0 Å². The van der Waals surface area contributed by atoms with E-state index in [0.717, 1.165) is 28.3 Å². The Balaban J connectivity index is 1.52. The molecule has 1 N–H and O–H groups in total. The normalized spacial score (nSPS) is 14.6. The number of fused-ring (bicyclic) bond motifs is 1. The summed E-state index contributed by atoms with van der Waals surface area (Å²) in [6.07, 6.45) is 0. The number of hydrogen-bond donors (Lipinski definition) is 1. The monoisotopic (exact) mass is 384 g/mol. The molecule has 0 saturated carbocycles. The van der Waals surface area contributed by atoms with Gasteiger partial charge in [-0.15, -0.1) is 0 Å². The van der Waals surface area contributed by atoms with Crippen LogP contribution in [0.15, 0.2) is 71.7 Å². The highest BCUT2D eigenvalue weighted by Gasteiger charge is 2.25. The Morgan fingerprint density at radius 3 is 2.10 bits per heavy atom. The minimum atomic E-state index is -0.176. The van der Waals surface area contributed by atoms with Gasteiger partial charge in [0.15, 0.2) is 0 Å². The summed E-state index contributed by atoms with van der Waals surface area (Å²) in [6, 6.07) is 21.4. The first-order valence-corrected chi connectivity index (χ1v) is 9.69. The van der Waals surface area contributed by atoms with Crippen LogP contribution in [0.1, 0.15) is 37.5 Å². The molecule has 0 fully saturated rings. The number of carbonyl (C=O) groups is 1. The Labute approximate surface area is 171 Å². The zero-order chi connectivity index (χ0) is 20.6. The number of benzene rings is 3. The lowest BCUT2D eigenvalue weighted by Crippen LogP contribution is -2.13. The number of aliphatic imine (C=N–C) groups is 1. The molecule has 4 heteroatoms. The summed E-state index contributed by atoms with van der Waals surface area (Å²) < 4.78 is 5.94. The lowest BCUT2D eigenvalue weighted by atomic mass is 9.87. The Kier molecular flexibility index (Phi) is 4.71. The molecule has 146 valence electrons. The average molecular weight is 384 g/mol. The van der Waals surface area contributed by atoms with Gasteiger partial charge < -0.3 is 10.1 Å². The number of nitrogens with zero attached hydrogens (tertiary/aromatic N) is 1. The first-order chi connectivity index (χ1) is 13.8. The highest BCUT2D eigenvalue weighted by atomic mass is 16.5. The molecule has 1 amide bonds. The average Bonchev–Trinajstić information content (AvgIpc) is 2.98. The lowest BCUT2D eigenvalue weighted by Gasteiger charge is -2.19. The van der Waals surface area contributed by atoms with E-state index in [1.807, 2.05) is 61.5 Å². The van der Waals surface area contributed by atoms with Crippen molar-refractivity contribution < 1.29 is 9.53 Å². The van der Waals surface area contributed by atoms with Gasteiger partial charge in [-0.3, -0.25) is 4.79 Å². The molecule has 29 heavy (non-hydrogen) atoms. The van der Waals surface area contributed by atoms with E-state index in [9.17, 15) is 4.79 Å². The predicted molar refractivity (Wildman–Crippen MR) is 118 cm³/mol. The van der Waals surface area contributed by atoms with Crippen molar-refractivity contribution in [2.45, 2.75) is 33.1 Å². The minimum Gasteiger partial charge on any atom is -0.457 e. The molecule has 0 unspecified atom stereocenters. The number of amides is 1. The van der Waals surface area contributed by atoms with E-state index in [2.05, 4.69) is 43.2 Å². The Hall–Kier alpha value is -3.40. The van der Waals surface area contributed by atoms with E-state index in [0.29, 0.717) is 11.4 Å². The number of anilines is 1. The van der Waals surface area contributed by atoms with E-state index in [4.69, 9.17) is 4.74 Å². The molecule has 0 bridgehead atoms. The molecule has 4 rings (SSSR count). The quantitative estimate of drug-likeness (QED) is 0.588. The molecule has 4 nitrogen and oxygen atoms in total. The summed E-state index contributed by atoms with van der Waals surface area (Å²) in [5.41, 5.74) is 5.26. The molecule has 0 aliphatic carbocycles. The van der Waals surface area contributed by atoms with Crippen LogP contribution in [-0.2, 0) is 10.2 Å². The van der Waals surface area contributed by atoms with Gasteiger partial charge in [-0.05, 0) is 66.4 Å². The van der Waals surface area contributed by atoms with Gasteiger partial charge in [0, 0.05) is 5.56 Å². The fourth-order valence-corrected chi connectivity index (χ4v) is 3.25.